The zero-order valence-electron chi connectivity index (χ0n) is 11.6. The van der Waals surface area contributed by atoms with E-state index in [1.807, 2.05) is 0 Å². The number of halogens is 1. The number of nitrogens with zero attached hydrogens (tertiary/aromatic N) is 2. The third-order valence-corrected chi connectivity index (χ3v) is 4.21. The Bertz CT molecular complexity index is 686. The second-order valence-corrected chi connectivity index (χ2v) is 6.04. The predicted molar refractivity (Wildman–Crippen MR) is 86.1 cm³/mol. The highest BCUT2D eigenvalue weighted by Gasteiger charge is 2.55. The molecule has 0 spiro atoms. The van der Waals surface area contributed by atoms with Crippen LogP contribution in [-0.4, -0.2) is 36.1 Å². The van der Waals surface area contributed by atoms with Gasteiger partial charge in [-0.15, -0.1) is 0 Å². The first-order valence-corrected chi connectivity index (χ1v) is 7.76. The maximum absolute atomic E-state index is 12.6. The zero-order valence-corrected chi connectivity index (χ0v) is 13.7. The molecule has 2 aliphatic heterocycles. The number of hydrazone groups is 1. The monoisotopic (exact) mass is 413 g/mol. The second kappa shape index (κ2) is 5.67. The van der Waals surface area contributed by atoms with Crippen LogP contribution in [-0.2, 0) is 19.1 Å². The van der Waals surface area contributed by atoms with E-state index in [4.69, 9.17) is 4.74 Å². The fourth-order valence-electron chi connectivity index (χ4n) is 2.51. The van der Waals surface area contributed by atoms with Crippen molar-refractivity contribution in [2.75, 3.05) is 11.5 Å². The van der Waals surface area contributed by atoms with Gasteiger partial charge >= 0.3 is 5.97 Å². The van der Waals surface area contributed by atoms with E-state index in [-0.39, 0.29) is 12.3 Å². The molecule has 114 valence electrons. The molecule has 2 atom stereocenters. The molecule has 22 heavy (non-hydrogen) atoms. The van der Waals surface area contributed by atoms with E-state index in [1.54, 1.807) is 31.2 Å². The quantitative estimate of drug-likeness (QED) is 0.447. The highest BCUT2D eigenvalue weighted by Crippen LogP contribution is 2.31. The number of fused-ring (bicyclic) bond motifs is 1. The predicted octanol–water partition coefficient (Wildman–Crippen LogP) is 0.671. The Balaban J connectivity index is 1.91. The summed E-state index contributed by atoms with van der Waals surface area (Å²) >= 11 is 2.14. The number of hydrogen-bond donors (Lipinski definition) is 1. The Hall–Kier alpha value is -1.97. The minimum absolute atomic E-state index is 0.0433. The van der Waals surface area contributed by atoms with Gasteiger partial charge < -0.3 is 4.74 Å². The number of benzene rings is 1. The van der Waals surface area contributed by atoms with Gasteiger partial charge in [0.15, 0.2) is 5.71 Å². The number of anilines is 1. The summed E-state index contributed by atoms with van der Waals surface area (Å²) in [5.74, 6) is -2.48. The fraction of sp³-hybridized carbons (Fsp3) is 0.286. The lowest BCUT2D eigenvalue weighted by Gasteiger charge is -2.15. The Labute approximate surface area is 139 Å². The van der Waals surface area contributed by atoms with Gasteiger partial charge in [0.1, 0.15) is 12.0 Å². The molecule has 0 unspecified atom stereocenters. The second-order valence-electron chi connectivity index (χ2n) is 4.79. The third-order valence-electron chi connectivity index (χ3n) is 3.49. The Morgan fingerprint density at radius 1 is 1.32 bits per heavy atom. The Morgan fingerprint density at radius 2 is 2.00 bits per heavy atom. The Kier molecular flexibility index (Phi) is 3.85. The third kappa shape index (κ3) is 2.27. The summed E-state index contributed by atoms with van der Waals surface area (Å²) in [6.07, 6.45) is 0. The van der Waals surface area contributed by atoms with Crippen LogP contribution in [0.2, 0.25) is 0 Å². The minimum Gasteiger partial charge on any atom is -0.461 e. The summed E-state index contributed by atoms with van der Waals surface area (Å²) in [7, 11) is 0. The molecule has 0 aliphatic carbocycles. The number of hydrogen-bond acceptors (Lipinski definition) is 6. The highest BCUT2D eigenvalue weighted by atomic mass is 127. The molecule has 1 aromatic carbocycles. The molecule has 2 aliphatic rings. The molecule has 1 aromatic rings. The van der Waals surface area contributed by atoms with Crippen molar-refractivity contribution in [3.8, 4) is 0 Å². The molecule has 1 N–H and O–H groups in total. The van der Waals surface area contributed by atoms with Gasteiger partial charge in [-0.05, 0) is 53.8 Å². The zero-order chi connectivity index (χ0) is 15.9. The summed E-state index contributed by atoms with van der Waals surface area (Å²) in [4.78, 5) is 37.9. The van der Waals surface area contributed by atoms with E-state index in [0.717, 1.165) is 8.47 Å². The SMILES string of the molecule is CCOC(=O)C1=NN[C@H]2C(=O)N(c3ccc(I)cc3)C(=O)[C@@H]12. The van der Waals surface area contributed by atoms with E-state index in [2.05, 4.69) is 33.1 Å². The number of amides is 2. The minimum atomic E-state index is -0.925. The molecule has 7 nitrogen and oxygen atoms in total. The topological polar surface area (TPSA) is 88.1 Å². The summed E-state index contributed by atoms with van der Waals surface area (Å²) in [5.41, 5.74) is 3.01. The summed E-state index contributed by atoms with van der Waals surface area (Å²) in [6, 6.07) is 6.15. The summed E-state index contributed by atoms with van der Waals surface area (Å²) in [6.45, 7) is 1.84. The number of nitrogens with one attached hydrogen (secondary N) is 1. The lowest BCUT2D eigenvalue weighted by Crippen LogP contribution is -2.36. The van der Waals surface area contributed by atoms with Crippen LogP contribution < -0.4 is 10.3 Å². The van der Waals surface area contributed by atoms with Gasteiger partial charge in [0.25, 0.3) is 5.91 Å². The van der Waals surface area contributed by atoms with Crippen LogP contribution in [0.15, 0.2) is 29.4 Å². The Morgan fingerprint density at radius 3 is 2.64 bits per heavy atom. The molecule has 1 fully saturated rings. The van der Waals surface area contributed by atoms with E-state index < -0.39 is 29.7 Å². The van der Waals surface area contributed by atoms with Crippen LogP contribution in [0.5, 0.6) is 0 Å². The van der Waals surface area contributed by atoms with Gasteiger partial charge in [-0.1, -0.05) is 0 Å². The van der Waals surface area contributed by atoms with E-state index >= 15 is 0 Å². The van der Waals surface area contributed by atoms with Crippen molar-refractivity contribution < 1.29 is 19.1 Å². The van der Waals surface area contributed by atoms with Crippen molar-refractivity contribution in [1.82, 2.24) is 5.43 Å². The van der Waals surface area contributed by atoms with Gasteiger partial charge in [0.2, 0.25) is 5.91 Å². The molecule has 0 bridgehead atoms. The molecule has 2 heterocycles. The molecule has 0 radical (unpaired) electrons. The summed E-state index contributed by atoms with van der Waals surface area (Å²) < 4.78 is 5.87. The van der Waals surface area contributed by atoms with Crippen molar-refractivity contribution in [1.29, 1.82) is 0 Å². The van der Waals surface area contributed by atoms with E-state index in [9.17, 15) is 14.4 Å². The van der Waals surface area contributed by atoms with Crippen molar-refractivity contribution in [2.45, 2.75) is 13.0 Å². The van der Waals surface area contributed by atoms with Crippen LogP contribution in [0.25, 0.3) is 0 Å². The normalized spacial score (nSPS) is 23.2. The first-order valence-electron chi connectivity index (χ1n) is 6.68. The van der Waals surface area contributed by atoms with Gasteiger partial charge in [-0.3, -0.25) is 15.0 Å². The average molecular weight is 413 g/mol. The van der Waals surface area contributed by atoms with Crippen molar-refractivity contribution in [2.24, 2.45) is 11.0 Å². The van der Waals surface area contributed by atoms with Crippen molar-refractivity contribution in [3.63, 3.8) is 0 Å². The average Bonchev–Trinajstić information content (AvgIpc) is 3.03. The number of esters is 1. The molecule has 8 heteroatoms. The van der Waals surface area contributed by atoms with Crippen LogP contribution in [0.1, 0.15) is 6.92 Å². The lowest BCUT2D eigenvalue weighted by atomic mass is 9.99. The maximum Gasteiger partial charge on any atom is 0.355 e. The first-order chi connectivity index (χ1) is 10.5. The molecular formula is C14H12IN3O4. The number of rotatable bonds is 3. The number of ether oxygens (including phenoxy) is 1. The van der Waals surface area contributed by atoms with Crippen LogP contribution >= 0.6 is 22.6 Å². The van der Waals surface area contributed by atoms with Crippen LogP contribution in [0.3, 0.4) is 0 Å². The number of carbonyl (C=O) groups is 3. The largest absolute Gasteiger partial charge is 0.461 e. The smallest absolute Gasteiger partial charge is 0.355 e. The van der Waals surface area contributed by atoms with Crippen LogP contribution in [0.4, 0.5) is 5.69 Å². The highest BCUT2D eigenvalue weighted by molar-refractivity contribution is 14.1. The number of carbonyl (C=O) groups excluding carboxylic acids is 3. The van der Waals surface area contributed by atoms with Crippen molar-refractivity contribution in [3.05, 3.63) is 27.8 Å². The molecular weight excluding hydrogens is 401 g/mol. The van der Waals surface area contributed by atoms with Gasteiger partial charge in [-0.25, -0.2) is 9.69 Å². The maximum atomic E-state index is 12.6. The first kappa shape index (κ1) is 14.9. The standard InChI is InChI=1S/C14H12IN3O4/c1-2-22-14(21)11-9-10(16-17-11)13(20)18(12(9)19)8-5-3-7(15)4-6-8/h3-6,9-10,16H,2H2,1H3/t9-,10-/m1/s1. The fourth-order valence-corrected chi connectivity index (χ4v) is 2.87. The molecule has 0 saturated carbocycles. The number of imide groups is 1. The molecule has 3 rings (SSSR count). The molecule has 1 saturated heterocycles. The van der Waals surface area contributed by atoms with Crippen molar-refractivity contribution >= 4 is 51.8 Å². The van der Waals surface area contributed by atoms with Gasteiger partial charge in [-0.2, -0.15) is 5.10 Å². The molecule has 2 amide bonds. The lowest BCUT2D eigenvalue weighted by molar-refractivity contribution is -0.136. The van der Waals surface area contributed by atoms with Crippen LogP contribution in [0, 0.1) is 9.49 Å². The van der Waals surface area contributed by atoms with Gasteiger partial charge in [0, 0.05) is 3.57 Å². The summed E-state index contributed by atoms with van der Waals surface area (Å²) in [5, 5.41) is 3.80. The molecule has 0 aromatic heterocycles. The van der Waals surface area contributed by atoms with Gasteiger partial charge in [0.05, 0.1) is 12.3 Å². The van der Waals surface area contributed by atoms with E-state index in [0.29, 0.717) is 5.69 Å². The van der Waals surface area contributed by atoms with E-state index in [1.165, 1.54) is 0 Å².